The van der Waals surface area contributed by atoms with Crippen LogP contribution in [0.4, 0.5) is 0 Å². The average molecular weight is 569 g/mol. The molecule has 0 rings (SSSR count). The molecule has 0 aromatic carbocycles. The Kier molecular flexibility index (Phi) is 52.5. The van der Waals surface area contributed by atoms with Crippen LogP contribution in [0.15, 0.2) is 75.9 Å². The van der Waals surface area contributed by atoms with Crippen molar-refractivity contribution in [1.82, 2.24) is 0 Å². The predicted octanol–water partition coefficient (Wildman–Crippen LogP) is -0.516. The third kappa shape index (κ3) is 87.8. The summed E-state index contributed by atoms with van der Waals surface area (Å²) in [6.07, 6.45) is 5.00. The molecule has 0 spiro atoms. The summed E-state index contributed by atoms with van der Waals surface area (Å²) in [5, 5.41) is 79.6. The summed E-state index contributed by atoms with van der Waals surface area (Å²) in [6.45, 7) is 16.1. The van der Waals surface area contributed by atoms with Gasteiger partial charge in [-0.2, -0.15) is 0 Å². The van der Waals surface area contributed by atoms with E-state index in [4.69, 9.17) is 51.1 Å². The van der Waals surface area contributed by atoms with E-state index < -0.39 is 67.7 Å². The summed E-state index contributed by atoms with van der Waals surface area (Å²) in [5.74, 6) is -5.89. The van der Waals surface area contributed by atoms with E-state index in [0.29, 0.717) is 0 Å². The molecule has 0 saturated heterocycles. The Morgan fingerprint density at radius 1 is 0.385 bits per heavy atom. The van der Waals surface area contributed by atoms with Crippen molar-refractivity contribution in [1.29, 1.82) is 0 Å². The topological polar surface area (TPSA) is 305 Å². The van der Waals surface area contributed by atoms with E-state index >= 15 is 0 Å². The Balaban J connectivity index is -0.0000000622. The minimum atomic E-state index is -1.11. The van der Waals surface area contributed by atoms with Crippen LogP contribution < -0.4 is 0 Å². The van der Waals surface area contributed by atoms with Gasteiger partial charge in [0, 0.05) is 36.5 Å². The van der Waals surface area contributed by atoms with Crippen molar-refractivity contribution in [2.45, 2.75) is 0 Å². The van der Waals surface area contributed by atoms with Crippen molar-refractivity contribution in [2.24, 2.45) is 5.41 Å². The number of carboxylic acids is 6. The first-order chi connectivity index (χ1) is 17.9. The molecule has 0 aromatic heterocycles. The van der Waals surface area contributed by atoms with Gasteiger partial charge in [-0.25, -0.2) is 28.8 Å². The molecule has 0 aromatic rings. The maximum absolute atomic E-state index is 9.25. The summed E-state index contributed by atoms with van der Waals surface area (Å²) in [5.41, 5.74) is -1.11. The molecule has 10 N–H and O–H groups in total. The maximum atomic E-state index is 9.25. The van der Waals surface area contributed by atoms with Crippen LogP contribution in [-0.2, 0) is 28.8 Å². The number of hydrogen-bond donors (Lipinski definition) is 10. The highest BCUT2D eigenvalue weighted by atomic mass is 16.4. The van der Waals surface area contributed by atoms with Crippen LogP contribution in [0.1, 0.15) is 0 Å². The normalized spacial score (nSPS) is 7.69. The van der Waals surface area contributed by atoms with Crippen LogP contribution >= 0.6 is 0 Å². The van der Waals surface area contributed by atoms with Crippen molar-refractivity contribution < 1.29 is 79.8 Å². The van der Waals surface area contributed by atoms with E-state index in [-0.39, 0.29) is 0 Å². The van der Waals surface area contributed by atoms with E-state index in [9.17, 15) is 28.8 Å². The lowest BCUT2D eigenvalue weighted by Gasteiger charge is -2.23. The largest absolute Gasteiger partial charge is 0.478 e. The highest BCUT2D eigenvalue weighted by Gasteiger charge is 2.26. The van der Waals surface area contributed by atoms with Gasteiger partial charge >= 0.3 is 35.8 Å². The van der Waals surface area contributed by atoms with Gasteiger partial charge in [0.15, 0.2) is 0 Å². The van der Waals surface area contributed by atoms with E-state index in [1.54, 1.807) is 0 Å². The second-order valence-corrected chi connectivity index (χ2v) is 5.39. The number of rotatable bonds is 10. The molecule has 16 nitrogen and oxygen atoms in total. The molecule has 0 saturated carbocycles. The molecule has 39 heavy (non-hydrogen) atoms. The monoisotopic (exact) mass is 568 g/mol. The van der Waals surface area contributed by atoms with Crippen LogP contribution in [0.3, 0.4) is 0 Å². The Hall–Kier alpha value is -4.90. The lowest BCUT2D eigenvalue weighted by atomic mass is 9.93. The molecule has 0 aliphatic heterocycles. The van der Waals surface area contributed by atoms with Gasteiger partial charge in [-0.3, -0.25) is 0 Å². The zero-order chi connectivity index (χ0) is 33.0. The second kappa shape index (κ2) is 40.3. The van der Waals surface area contributed by atoms with Gasteiger partial charge in [-0.1, -0.05) is 39.5 Å². The first-order valence-corrected chi connectivity index (χ1v) is 9.43. The third-order valence-electron chi connectivity index (χ3n) is 2.39. The number of aliphatic hydroxyl groups excluding tert-OH is 4. The first kappa shape index (κ1) is 50.9. The number of aliphatic hydroxyl groups is 4. The molecule has 0 fully saturated rings. The van der Waals surface area contributed by atoms with E-state index in [0.717, 1.165) is 36.5 Å². The van der Waals surface area contributed by atoms with Crippen molar-refractivity contribution in [3.63, 3.8) is 0 Å². The van der Waals surface area contributed by atoms with Crippen LogP contribution in [0, 0.1) is 5.41 Å². The molecule has 0 unspecified atom stereocenters. The van der Waals surface area contributed by atoms with Gasteiger partial charge in [0.25, 0.3) is 0 Å². The predicted molar refractivity (Wildman–Crippen MR) is 138 cm³/mol. The van der Waals surface area contributed by atoms with Crippen molar-refractivity contribution >= 4 is 35.8 Å². The van der Waals surface area contributed by atoms with Crippen molar-refractivity contribution in [3.05, 3.63) is 75.9 Å². The molecule has 16 heteroatoms. The molecular formula is C23H36O16. The highest BCUT2D eigenvalue weighted by molar-refractivity contribution is 5.80. The Morgan fingerprint density at radius 2 is 0.462 bits per heavy atom. The fourth-order valence-corrected chi connectivity index (χ4v) is 0.300. The molecule has 0 amide bonds. The lowest BCUT2D eigenvalue weighted by Crippen LogP contribution is -2.37. The smallest absolute Gasteiger partial charge is 0.327 e. The van der Waals surface area contributed by atoms with Crippen molar-refractivity contribution in [2.75, 3.05) is 26.4 Å². The fraction of sp³-hybridized carbons (Fsp3) is 0.217. The van der Waals surface area contributed by atoms with E-state index in [1.165, 1.54) is 0 Å². The molecule has 0 bridgehead atoms. The third-order valence-corrected chi connectivity index (χ3v) is 2.39. The number of hydrogen-bond acceptors (Lipinski definition) is 10. The maximum Gasteiger partial charge on any atom is 0.327 e. The van der Waals surface area contributed by atoms with Gasteiger partial charge in [-0.15, -0.1) is 0 Å². The standard InChI is InChI=1S/C5H12O4.6C3H4O2/c6-1-5(2-7,3-8)4-9;6*1-2-3(4)5/h6-9H,1-4H2;6*2H,1H2,(H,4,5). The molecule has 0 aliphatic carbocycles. The van der Waals surface area contributed by atoms with Gasteiger partial charge in [0.05, 0.1) is 31.8 Å². The number of aliphatic carboxylic acids is 6. The Morgan fingerprint density at radius 3 is 0.462 bits per heavy atom. The second-order valence-electron chi connectivity index (χ2n) is 5.39. The SMILES string of the molecule is C=CC(=O)O.C=CC(=O)O.C=CC(=O)O.C=CC(=O)O.C=CC(=O)O.C=CC(=O)O.OCC(CO)(CO)CO. The molecular weight excluding hydrogens is 532 g/mol. The summed E-state index contributed by atoms with van der Waals surface area (Å²) < 4.78 is 0. The summed E-state index contributed by atoms with van der Waals surface area (Å²) >= 11 is 0. The minimum Gasteiger partial charge on any atom is -0.478 e. The van der Waals surface area contributed by atoms with Crippen LogP contribution in [-0.4, -0.2) is 113 Å². The van der Waals surface area contributed by atoms with Crippen LogP contribution in [0.25, 0.3) is 0 Å². The lowest BCUT2D eigenvalue weighted by molar-refractivity contribution is -0.132. The highest BCUT2D eigenvalue weighted by Crippen LogP contribution is 2.11. The molecule has 224 valence electrons. The van der Waals surface area contributed by atoms with E-state index in [2.05, 4.69) is 39.5 Å². The zero-order valence-corrected chi connectivity index (χ0v) is 21.0. The van der Waals surface area contributed by atoms with Gasteiger partial charge < -0.3 is 51.1 Å². The molecule has 0 aliphatic rings. The molecule has 0 heterocycles. The summed E-state index contributed by atoms with van der Waals surface area (Å²) in [4.78, 5) is 55.5. The average Bonchev–Trinajstić information content (AvgIpc) is 2.92. The quantitative estimate of drug-likeness (QED) is 0.148. The van der Waals surface area contributed by atoms with Crippen molar-refractivity contribution in [3.8, 4) is 0 Å². The fourth-order valence-electron chi connectivity index (χ4n) is 0.300. The minimum absolute atomic E-state index is 0.406. The number of carboxylic acid groups (broad SMARTS) is 6. The van der Waals surface area contributed by atoms with Crippen LogP contribution in [0.5, 0.6) is 0 Å². The van der Waals surface area contributed by atoms with E-state index in [1.807, 2.05) is 0 Å². The zero-order valence-electron chi connectivity index (χ0n) is 21.0. The first-order valence-electron chi connectivity index (χ1n) is 9.43. The summed E-state index contributed by atoms with van der Waals surface area (Å²) in [6, 6.07) is 0. The van der Waals surface area contributed by atoms with Crippen LogP contribution in [0.2, 0.25) is 0 Å². The number of carbonyl (C=O) groups is 6. The van der Waals surface area contributed by atoms with Gasteiger partial charge in [-0.05, 0) is 0 Å². The molecule has 0 atom stereocenters. The Labute approximate surface area is 224 Å². The summed E-state index contributed by atoms with van der Waals surface area (Å²) in [7, 11) is 0. The Bertz CT molecular complexity index is 607. The van der Waals surface area contributed by atoms with Gasteiger partial charge in [0.1, 0.15) is 0 Å². The van der Waals surface area contributed by atoms with Gasteiger partial charge in [0.2, 0.25) is 0 Å². The molecule has 0 radical (unpaired) electrons.